The first kappa shape index (κ1) is 45.1. The molecule has 0 aliphatic carbocycles. The molecule has 19 heteroatoms. The van der Waals surface area contributed by atoms with Gasteiger partial charge in [-0.05, 0) is 56.9 Å². The van der Waals surface area contributed by atoms with E-state index in [1.807, 2.05) is 6.92 Å². The summed E-state index contributed by atoms with van der Waals surface area (Å²) in [6.45, 7) is 5.22. The number of amides is 7. The molecule has 0 aromatic heterocycles. The Hall–Kier alpha value is -5.59. The van der Waals surface area contributed by atoms with Crippen LogP contribution in [0.3, 0.4) is 0 Å². The number of carboxylic acid groups (broad SMARTS) is 2. The van der Waals surface area contributed by atoms with Gasteiger partial charge >= 0.3 is 11.9 Å². The van der Waals surface area contributed by atoms with Crippen molar-refractivity contribution in [1.29, 1.82) is 0 Å². The van der Waals surface area contributed by atoms with E-state index in [2.05, 4.69) is 21.3 Å². The van der Waals surface area contributed by atoms with Crippen LogP contribution in [0.5, 0.6) is 0 Å². The van der Waals surface area contributed by atoms with E-state index in [1.165, 1.54) is 21.6 Å². The van der Waals surface area contributed by atoms with Gasteiger partial charge < -0.3 is 51.9 Å². The fourth-order valence-electron chi connectivity index (χ4n) is 7.74. The van der Waals surface area contributed by atoms with Crippen LogP contribution < -0.4 is 27.0 Å². The van der Waals surface area contributed by atoms with Crippen LogP contribution in [-0.2, 0) is 49.6 Å². The Labute approximate surface area is 336 Å². The number of carbonyl (C=O) groups is 9. The van der Waals surface area contributed by atoms with Crippen LogP contribution in [0.15, 0.2) is 30.3 Å². The van der Waals surface area contributed by atoms with Crippen LogP contribution in [-0.4, -0.2) is 147 Å². The number of aliphatic carboxylic acids is 2. The third-order valence-corrected chi connectivity index (χ3v) is 11.1. The second-order valence-electron chi connectivity index (χ2n) is 15.2. The first-order chi connectivity index (χ1) is 27.6. The second kappa shape index (κ2) is 20.7. The molecule has 7 amide bonds. The number of nitrogens with zero attached hydrogens (tertiary/aromatic N) is 3. The number of nitrogens with one attached hydrogen (secondary N) is 4. The number of hydrogen-bond acceptors (Lipinski definition) is 10. The Morgan fingerprint density at radius 3 is 1.90 bits per heavy atom. The van der Waals surface area contributed by atoms with E-state index in [9.17, 15) is 53.4 Å². The fraction of sp³-hybridized carbons (Fsp3) is 0.615. The quantitative estimate of drug-likeness (QED) is 0.0914. The standard InChI is InChI=1S/C39H56N8O11/c1-4-22(2)32(44-30(48)21-40)38(56)45-16-8-13-27(45)35(53)42-25(19-24-11-6-5-7-12-24)34(52)41-23(3)33(51)43-26(20-31(49)50)36(54)46-17-9-14-28(46)37(55)47-18-10-15-29(47)39(57)58/h5-7,11-12,22-23,25-29,32H,4,8-10,13-21,40H2,1-3H3,(H,41,52)(H,42,53)(H,43,51)(H,44,48)(H,49,50)(H,57,58). The van der Waals surface area contributed by atoms with Gasteiger partial charge in [0.2, 0.25) is 41.4 Å². The van der Waals surface area contributed by atoms with Crippen molar-refractivity contribution in [2.75, 3.05) is 26.2 Å². The summed E-state index contributed by atoms with van der Waals surface area (Å²) in [6, 6.07) is 0.635. The lowest BCUT2D eigenvalue weighted by molar-refractivity contribution is -0.153. The number of nitrogens with two attached hydrogens (primary N) is 1. The molecule has 0 radical (unpaired) electrons. The van der Waals surface area contributed by atoms with Gasteiger partial charge in [0.1, 0.15) is 42.3 Å². The van der Waals surface area contributed by atoms with Crippen molar-refractivity contribution in [3.63, 3.8) is 0 Å². The molecule has 0 spiro atoms. The lowest BCUT2D eigenvalue weighted by Gasteiger charge is -2.32. The summed E-state index contributed by atoms with van der Waals surface area (Å²) in [5.41, 5.74) is 6.16. The molecule has 8 atom stereocenters. The summed E-state index contributed by atoms with van der Waals surface area (Å²) in [4.78, 5) is 122. The molecule has 8 unspecified atom stereocenters. The Morgan fingerprint density at radius 2 is 1.31 bits per heavy atom. The number of carboxylic acids is 2. The maximum absolute atomic E-state index is 13.9. The van der Waals surface area contributed by atoms with Gasteiger partial charge in [0, 0.05) is 26.1 Å². The predicted molar refractivity (Wildman–Crippen MR) is 206 cm³/mol. The summed E-state index contributed by atoms with van der Waals surface area (Å²) in [6.07, 6.45) is 1.92. The van der Waals surface area contributed by atoms with E-state index in [1.54, 1.807) is 37.3 Å². The van der Waals surface area contributed by atoms with Crippen LogP contribution >= 0.6 is 0 Å². The minimum absolute atomic E-state index is 0.000272. The lowest BCUT2D eigenvalue weighted by atomic mass is 9.97. The number of hydrogen-bond donors (Lipinski definition) is 7. The van der Waals surface area contributed by atoms with Gasteiger partial charge in [0.05, 0.1) is 13.0 Å². The predicted octanol–water partition coefficient (Wildman–Crippen LogP) is -1.27. The molecule has 19 nitrogen and oxygen atoms in total. The van der Waals surface area contributed by atoms with Crippen molar-refractivity contribution in [2.24, 2.45) is 11.7 Å². The number of likely N-dealkylation sites (tertiary alicyclic amines) is 3. The number of benzene rings is 1. The van der Waals surface area contributed by atoms with Crippen molar-refractivity contribution < 1.29 is 53.4 Å². The van der Waals surface area contributed by atoms with Gasteiger partial charge in [-0.15, -0.1) is 0 Å². The Kier molecular flexibility index (Phi) is 16.1. The summed E-state index contributed by atoms with van der Waals surface area (Å²) in [7, 11) is 0. The Morgan fingerprint density at radius 1 is 0.724 bits per heavy atom. The van der Waals surface area contributed by atoms with Crippen molar-refractivity contribution in [3.8, 4) is 0 Å². The van der Waals surface area contributed by atoms with Gasteiger partial charge in [-0.25, -0.2) is 4.79 Å². The highest BCUT2D eigenvalue weighted by atomic mass is 16.4. The normalized spacial score (nSPS) is 21.6. The summed E-state index contributed by atoms with van der Waals surface area (Å²) < 4.78 is 0. The second-order valence-corrected chi connectivity index (χ2v) is 15.2. The molecule has 1 aromatic carbocycles. The monoisotopic (exact) mass is 812 g/mol. The van der Waals surface area contributed by atoms with E-state index < -0.39 is 102 Å². The van der Waals surface area contributed by atoms with Crippen LogP contribution in [0.25, 0.3) is 0 Å². The van der Waals surface area contributed by atoms with E-state index in [0.29, 0.717) is 37.7 Å². The fourth-order valence-corrected chi connectivity index (χ4v) is 7.74. The van der Waals surface area contributed by atoms with E-state index in [-0.39, 0.29) is 51.4 Å². The molecule has 3 aliphatic rings. The highest BCUT2D eigenvalue weighted by molar-refractivity contribution is 5.98. The van der Waals surface area contributed by atoms with Crippen LogP contribution in [0, 0.1) is 5.92 Å². The third-order valence-electron chi connectivity index (χ3n) is 11.1. The van der Waals surface area contributed by atoms with Crippen molar-refractivity contribution >= 4 is 53.3 Å². The summed E-state index contributed by atoms with van der Waals surface area (Å²) >= 11 is 0. The molecule has 1 aromatic rings. The van der Waals surface area contributed by atoms with Crippen LogP contribution in [0.2, 0.25) is 0 Å². The molecule has 3 fully saturated rings. The van der Waals surface area contributed by atoms with Crippen molar-refractivity contribution in [3.05, 3.63) is 35.9 Å². The van der Waals surface area contributed by atoms with Gasteiger partial charge in [-0.3, -0.25) is 38.4 Å². The smallest absolute Gasteiger partial charge is 0.326 e. The zero-order valence-electron chi connectivity index (χ0n) is 33.2. The van der Waals surface area contributed by atoms with E-state index >= 15 is 0 Å². The minimum Gasteiger partial charge on any atom is -0.481 e. The maximum atomic E-state index is 13.9. The zero-order valence-corrected chi connectivity index (χ0v) is 33.2. The zero-order chi connectivity index (χ0) is 42.7. The Bertz CT molecular complexity index is 1710. The van der Waals surface area contributed by atoms with Crippen LogP contribution in [0.1, 0.15) is 77.7 Å². The highest BCUT2D eigenvalue weighted by Gasteiger charge is 2.44. The van der Waals surface area contributed by atoms with Gasteiger partial charge in [0.15, 0.2) is 0 Å². The topological polar surface area (TPSA) is 278 Å². The molecule has 0 bridgehead atoms. The number of carbonyl (C=O) groups excluding carboxylic acids is 7. The molecular weight excluding hydrogens is 756 g/mol. The van der Waals surface area contributed by atoms with Crippen molar-refractivity contribution in [1.82, 2.24) is 36.0 Å². The minimum atomic E-state index is -1.62. The number of rotatable bonds is 18. The molecule has 3 saturated heterocycles. The first-order valence-corrected chi connectivity index (χ1v) is 19.9. The average molecular weight is 813 g/mol. The average Bonchev–Trinajstić information content (AvgIpc) is 4.00. The largest absolute Gasteiger partial charge is 0.481 e. The molecule has 8 N–H and O–H groups in total. The van der Waals surface area contributed by atoms with Crippen LogP contribution in [0.4, 0.5) is 0 Å². The SMILES string of the molecule is CCC(C)C(NC(=O)CN)C(=O)N1CCCC1C(=O)NC(Cc1ccccc1)C(=O)NC(C)C(=O)NC(CC(=O)O)C(=O)N1CCCC1C(=O)N1CCCC1C(=O)O. The lowest BCUT2D eigenvalue weighted by Crippen LogP contribution is -2.60. The molecule has 3 heterocycles. The molecule has 318 valence electrons. The maximum Gasteiger partial charge on any atom is 0.326 e. The molecule has 58 heavy (non-hydrogen) atoms. The summed E-state index contributed by atoms with van der Waals surface area (Å²) in [5.74, 6) is -7.47. The van der Waals surface area contributed by atoms with Crippen molar-refractivity contribution in [2.45, 2.75) is 121 Å². The van der Waals surface area contributed by atoms with Gasteiger partial charge in [0.25, 0.3) is 0 Å². The Balaban J connectivity index is 1.47. The highest BCUT2D eigenvalue weighted by Crippen LogP contribution is 2.26. The first-order valence-electron chi connectivity index (χ1n) is 19.9. The molecule has 3 aliphatic heterocycles. The van der Waals surface area contributed by atoms with Gasteiger partial charge in [-0.2, -0.15) is 0 Å². The molecule has 0 saturated carbocycles. The van der Waals surface area contributed by atoms with E-state index in [4.69, 9.17) is 5.73 Å². The molecule has 4 rings (SSSR count). The van der Waals surface area contributed by atoms with E-state index in [0.717, 1.165) is 0 Å². The molecular formula is C39H56N8O11. The third kappa shape index (κ3) is 11.3. The summed E-state index contributed by atoms with van der Waals surface area (Å²) in [5, 5.41) is 29.6. The van der Waals surface area contributed by atoms with Gasteiger partial charge in [-0.1, -0.05) is 50.6 Å².